The number of pyridine rings is 1. The molecule has 0 bridgehead atoms. The first-order valence-corrected chi connectivity index (χ1v) is 10.7. The van der Waals surface area contributed by atoms with Gasteiger partial charge in [0.15, 0.2) is 0 Å². The van der Waals surface area contributed by atoms with Crippen molar-refractivity contribution in [3.8, 4) is 0 Å². The molecule has 0 aromatic carbocycles. The minimum absolute atomic E-state index is 0.0625. The van der Waals surface area contributed by atoms with E-state index in [-0.39, 0.29) is 24.3 Å². The molecule has 10 nitrogen and oxygen atoms in total. The predicted molar refractivity (Wildman–Crippen MR) is 112 cm³/mol. The third kappa shape index (κ3) is 8.19. The lowest BCUT2D eigenvalue weighted by Gasteiger charge is -2.34. The number of carbonyl (C=O) groups excluding carboxylic acids is 2. The van der Waals surface area contributed by atoms with E-state index in [9.17, 15) is 32.7 Å². The highest BCUT2D eigenvalue weighted by molar-refractivity contribution is 5.85. The van der Waals surface area contributed by atoms with Gasteiger partial charge in [0.25, 0.3) is 0 Å². The number of nitrogens with one attached hydrogen (secondary N) is 1. The summed E-state index contributed by atoms with van der Waals surface area (Å²) in [6.45, 7) is 2.70. The third-order valence-electron chi connectivity index (χ3n) is 5.56. The van der Waals surface area contributed by atoms with Gasteiger partial charge in [-0.15, -0.1) is 0 Å². The Kier molecular flexibility index (Phi) is 9.63. The van der Waals surface area contributed by atoms with Gasteiger partial charge < -0.3 is 25.3 Å². The van der Waals surface area contributed by atoms with E-state index in [0.717, 1.165) is 31.5 Å². The summed E-state index contributed by atoms with van der Waals surface area (Å²) in [4.78, 5) is 53.0. The van der Waals surface area contributed by atoms with Crippen molar-refractivity contribution in [2.45, 2.75) is 44.3 Å². The van der Waals surface area contributed by atoms with E-state index >= 15 is 0 Å². The molecule has 1 aromatic heterocycles. The van der Waals surface area contributed by atoms with E-state index in [1.807, 2.05) is 4.90 Å². The van der Waals surface area contributed by atoms with Crippen LogP contribution in [0.4, 0.5) is 18.0 Å². The van der Waals surface area contributed by atoms with Gasteiger partial charge in [0, 0.05) is 50.9 Å². The van der Waals surface area contributed by atoms with E-state index < -0.39 is 24.2 Å². The van der Waals surface area contributed by atoms with E-state index in [1.165, 1.54) is 0 Å². The van der Waals surface area contributed by atoms with E-state index in [0.29, 0.717) is 25.9 Å². The molecule has 3 rings (SSSR count). The number of likely N-dealkylation sites (tertiary alicyclic amines) is 2. The molecule has 34 heavy (non-hydrogen) atoms. The molecule has 0 saturated carbocycles. The van der Waals surface area contributed by atoms with Gasteiger partial charge in [-0.1, -0.05) is 0 Å². The molecular weight excluding hydrogens is 461 g/mol. The van der Waals surface area contributed by atoms with Crippen LogP contribution in [0.1, 0.15) is 31.2 Å². The molecule has 2 aliphatic rings. The van der Waals surface area contributed by atoms with Crippen molar-refractivity contribution in [1.29, 1.82) is 0 Å². The van der Waals surface area contributed by atoms with Gasteiger partial charge in [0.1, 0.15) is 6.04 Å². The summed E-state index contributed by atoms with van der Waals surface area (Å²) in [6, 6.07) is 2.58. The maximum Gasteiger partial charge on any atom is 0.490 e. The Hall–Kier alpha value is -3.38. The number of nitrogens with zero attached hydrogens (tertiary/aromatic N) is 3. The molecule has 188 valence electrons. The number of aromatic nitrogens is 1. The Morgan fingerprint density at radius 3 is 1.97 bits per heavy atom. The molecular formula is C21H27F3N4O6. The fraction of sp³-hybridized carbons (Fsp3) is 0.571. The Morgan fingerprint density at radius 1 is 1.00 bits per heavy atom. The smallest absolute Gasteiger partial charge is 0.480 e. The molecule has 0 aliphatic carbocycles. The van der Waals surface area contributed by atoms with Crippen LogP contribution in [0, 0.1) is 5.92 Å². The molecule has 3 N–H and O–H groups in total. The maximum absolute atomic E-state index is 12.5. The number of carboxylic acid groups (broad SMARTS) is 2. The van der Waals surface area contributed by atoms with Gasteiger partial charge >= 0.3 is 24.1 Å². The van der Waals surface area contributed by atoms with Crippen LogP contribution in [0.15, 0.2) is 24.5 Å². The zero-order valence-corrected chi connectivity index (χ0v) is 18.3. The monoisotopic (exact) mass is 488 g/mol. The summed E-state index contributed by atoms with van der Waals surface area (Å²) in [7, 11) is 0. The number of carbonyl (C=O) groups is 4. The number of alkyl halides is 3. The topological polar surface area (TPSA) is 140 Å². The lowest BCUT2D eigenvalue weighted by atomic mass is 9.95. The second-order valence-corrected chi connectivity index (χ2v) is 8.00. The molecule has 2 saturated heterocycles. The van der Waals surface area contributed by atoms with Crippen molar-refractivity contribution in [1.82, 2.24) is 20.1 Å². The summed E-state index contributed by atoms with van der Waals surface area (Å²) >= 11 is 0. The van der Waals surface area contributed by atoms with Crippen molar-refractivity contribution in [2.75, 3.05) is 26.2 Å². The van der Waals surface area contributed by atoms with Crippen molar-refractivity contribution in [3.63, 3.8) is 0 Å². The first-order chi connectivity index (χ1) is 16.0. The number of carboxylic acids is 2. The van der Waals surface area contributed by atoms with Crippen LogP contribution in [0.2, 0.25) is 0 Å². The Balaban J connectivity index is 0.000000509. The van der Waals surface area contributed by atoms with Crippen LogP contribution in [0.25, 0.3) is 0 Å². The first kappa shape index (κ1) is 26.9. The lowest BCUT2D eigenvalue weighted by molar-refractivity contribution is -0.192. The molecule has 3 heterocycles. The number of amides is 3. The Labute approximate surface area is 193 Å². The third-order valence-corrected chi connectivity index (χ3v) is 5.56. The lowest BCUT2D eigenvalue weighted by Crippen LogP contribution is -2.50. The highest BCUT2D eigenvalue weighted by Crippen LogP contribution is 2.20. The van der Waals surface area contributed by atoms with Crippen LogP contribution in [-0.2, 0) is 20.8 Å². The molecule has 2 aliphatic heterocycles. The standard InChI is InChI=1S/C19H26N4O4.C2HF3O2/c24-17(21-16(18(25)26)13-14-3-7-20-8-4-14)15-5-11-23(12-6-15)19(27)22-9-1-2-10-22;3-2(4,5)1(6)7/h3-4,7-8,15-16H,1-2,5-6,9-13H2,(H,21,24)(H,25,26);(H,6,7). The summed E-state index contributed by atoms with van der Waals surface area (Å²) < 4.78 is 31.7. The Bertz CT molecular complexity index is 854. The second-order valence-electron chi connectivity index (χ2n) is 8.00. The fourth-order valence-corrected chi connectivity index (χ4v) is 3.69. The van der Waals surface area contributed by atoms with E-state index in [2.05, 4.69) is 10.3 Å². The summed E-state index contributed by atoms with van der Waals surface area (Å²) in [5.41, 5.74) is 0.809. The minimum atomic E-state index is -5.08. The van der Waals surface area contributed by atoms with Crippen molar-refractivity contribution >= 4 is 23.9 Å². The van der Waals surface area contributed by atoms with Gasteiger partial charge in [-0.3, -0.25) is 9.78 Å². The fourth-order valence-electron chi connectivity index (χ4n) is 3.69. The van der Waals surface area contributed by atoms with Crippen molar-refractivity contribution in [2.24, 2.45) is 5.92 Å². The summed E-state index contributed by atoms with van der Waals surface area (Å²) in [5, 5.41) is 19.2. The number of hydrogen-bond acceptors (Lipinski definition) is 5. The van der Waals surface area contributed by atoms with E-state index in [1.54, 1.807) is 29.4 Å². The Morgan fingerprint density at radius 2 is 1.50 bits per heavy atom. The highest BCUT2D eigenvalue weighted by atomic mass is 19.4. The second kappa shape index (κ2) is 12.2. The number of aliphatic carboxylic acids is 2. The van der Waals surface area contributed by atoms with Gasteiger partial charge in [0.05, 0.1) is 0 Å². The van der Waals surface area contributed by atoms with Crippen LogP contribution < -0.4 is 5.32 Å². The SMILES string of the molecule is O=C(NC(Cc1ccncc1)C(=O)O)C1CCN(C(=O)N2CCCC2)CC1.O=C(O)C(F)(F)F. The zero-order chi connectivity index (χ0) is 25.3. The first-order valence-electron chi connectivity index (χ1n) is 10.7. The van der Waals surface area contributed by atoms with Gasteiger partial charge in [-0.25, -0.2) is 14.4 Å². The molecule has 1 aromatic rings. The van der Waals surface area contributed by atoms with Gasteiger partial charge in [-0.2, -0.15) is 13.2 Å². The molecule has 3 amide bonds. The van der Waals surface area contributed by atoms with E-state index in [4.69, 9.17) is 9.90 Å². The molecule has 13 heteroatoms. The molecule has 0 spiro atoms. The van der Waals surface area contributed by atoms with Crippen molar-refractivity contribution in [3.05, 3.63) is 30.1 Å². The molecule has 2 fully saturated rings. The largest absolute Gasteiger partial charge is 0.490 e. The molecule has 1 unspecified atom stereocenters. The summed E-state index contributed by atoms with van der Waals surface area (Å²) in [5.74, 6) is -4.31. The number of rotatable bonds is 5. The average Bonchev–Trinajstić information content (AvgIpc) is 3.33. The normalized spacial score (nSPS) is 17.4. The summed E-state index contributed by atoms with van der Waals surface area (Å²) in [6.07, 6.45) is 1.57. The van der Waals surface area contributed by atoms with Crippen LogP contribution >= 0.6 is 0 Å². The van der Waals surface area contributed by atoms with Gasteiger partial charge in [0.2, 0.25) is 5.91 Å². The van der Waals surface area contributed by atoms with Crippen molar-refractivity contribution < 1.29 is 42.6 Å². The number of piperidine rings is 1. The van der Waals surface area contributed by atoms with Gasteiger partial charge in [-0.05, 0) is 43.4 Å². The minimum Gasteiger partial charge on any atom is -0.480 e. The predicted octanol–water partition coefficient (Wildman–Crippen LogP) is 1.75. The van der Waals surface area contributed by atoms with Crippen LogP contribution in [0.3, 0.4) is 0 Å². The van der Waals surface area contributed by atoms with Crippen LogP contribution in [-0.4, -0.2) is 87.3 Å². The number of urea groups is 1. The zero-order valence-electron chi connectivity index (χ0n) is 18.3. The maximum atomic E-state index is 12.5. The van der Waals surface area contributed by atoms with Crippen LogP contribution in [0.5, 0.6) is 0 Å². The highest BCUT2D eigenvalue weighted by Gasteiger charge is 2.38. The quantitative estimate of drug-likeness (QED) is 0.574. The average molecular weight is 488 g/mol. The molecule has 1 atom stereocenters. The number of hydrogen-bond donors (Lipinski definition) is 3. The molecule has 0 radical (unpaired) electrons. The number of halogens is 3.